The Morgan fingerprint density at radius 2 is 1.61 bits per heavy atom. The van der Waals surface area contributed by atoms with E-state index < -0.39 is 22.5 Å². The molecule has 11 nitrogen and oxygen atoms in total. The van der Waals surface area contributed by atoms with Gasteiger partial charge in [0.25, 0.3) is 17.5 Å². The Kier molecular flexibility index (Phi) is 8.27. The minimum atomic E-state index is -0.520. The van der Waals surface area contributed by atoms with Crippen LogP contribution in [0.15, 0.2) is 30.3 Å². The smallest absolute Gasteiger partial charge is 0.407 e. The van der Waals surface area contributed by atoms with Gasteiger partial charge >= 0.3 is 6.09 Å². The highest BCUT2D eigenvalue weighted by atomic mass is 16.6. The molecule has 204 valence electrons. The highest BCUT2D eigenvalue weighted by Gasteiger charge is 2.34. The minimum Gasteiger partial charge on any atom is -0.444 e. The average molecular weight is 526 g/mol. The normalized spacial score (nSPS) is 16.7. The summed E-state index contributed by atoms with van der Waals surface area (Å²) >= 11 is 0. The largest absolute Gasteiger partial charge is 0.444 e. The number of hydrogen-bond acceptors (Lipinski definition) is 8. The fraction of sp³-hybridized carbons (Fsp3) is 0.519. The number of hydrogen-bond donors (Lipinski definition) is 1. The lowest BCUT2D eigenvalue weighted by molar-refractivity contribution is -0.384. The molecule has 0 aromatic heterocycles. The first-order valence-electron chi connectivity index (χ1n) is 13.0. The molecule has 1 fully saturated rings. The Morgan fingerprint density at radius 3 is 2.24 bits per heavy atom. The van der Waals surface area contributed by atoms with Gasteiger partial charge in [-0.2, -0.15) is 0 Å². The van der Waals surface area contributed by atoms with Crippen LogP contribution in [0.5, 0.6) is 0 Å². The number of nitrogens with one attached hydrogen (secondary N) is 1. The van der Waals surface area contributed by atoms with Crippen molar-refractivity contribution in [3.63, 3.8) is 0 Å². The Morgan fingerprint density at radius 1 is 0.974 bits per heavy atom. The average Bonchev–Trinajstić information content (AvgIpc) is 2.86. The lowest BCUT2D eigenvalue weighted by atomic mass is 9.93. The van der Waals surface area contributed by atoms with Crippen LogP contribution in [0.1, 0.15) is 54.3 Å². The van der Waals surface area contributed by atoms with Gasteiger partial charge in [-0.25, -0.2) is 4.79 Å². The SMILES string of the molecule is CC(C)(C)OC(=O)NCCCN1CCN(CCCN2C(=O)c3cccc4cc([N+](=O)[O-])cc(c34)C2=O)CC1. The van der Waals surface area contributed by atoms with Crippen molar-refractivity contribution in [2.45, 2.75) is 39.2 Å². The highest BCUT2D eigenvalue weighted by Crippen LogP contribution is 2.33. The summed E-state index contributed by atoms with van der Waals surface area (Å²) in [6, 6.07) is 7.71. The second-order valence-electron chi connectivity index (χ2n) is 10.7. The summed E-state index contributed by atoms with van der Waals surface area (Å²) in [7, 11) is 0. The van der Waals surface area contributed by atoms with Crippen LogP contribution in [-0.2, 0) is 4.74 Å². The van der Waals surface area contributed by atoms with E-state index >= 15 is 0 Å². The van der Waals surface area contributed by atoms with Gasteiger partial charge in [0.1, 0.15) is 5.60 Å². The van der Waals surface area contributed by atoms with Gasteiger partial charge in [0.05, 0.1) is 10.5 Å². The van der Waals surface area contributed by atoms with Crippen molar-refractivity contribution in [3.8, 4) is 0 Å². The molecule has 2 aliphatic heterocycles. The Bertz CT molecular complexity index is 1230. The van der Waals surface area contributed by atoms with E-state index in [-0.39, 0.29) is 23.7 Å². The minimum absolute atomic E-state index is 0.161. The van der Waals surface area contributed by atoms with E-state index in [1.54, 1.807) is 18.2 Å². The molecule has 0 unspecified atom stereocenters. The van der Waals surface area contributed by atoms with Crippen LogP contribution < -0.4 is 5.32 Å². The Labute approximate surface area is 221 Å². The van der Waals surface area contributed by atoms with Crippen LogP contribution >= 0.6 is 0 Å². The molecule has 2 aromatic rings. The number of nitrogens with zero attached hydrogens (tertiary/aromatic N) is 4. The molecule has 0 atom stereocenters. The number of nitro benzene ring substituents is 1. The monoisotopic (exact) mass is 525 g/mol. The van der Waals surface area contributed by atoms with Crippen molar-refractivity contribution >= 4 is 34.4 Å². The molecule has 0 bridgehead atoms. The van der Waals surface area contributed by atoms with Crippen LogP contribution in [0.3, 0.4) is 0 Å². The molecule has 0 spiro atoms. The van der Waals surface area contributed by atoms with Crippen LogP contribution in [0.2, 0.25) is 0 Å². The molecule has 3 amide bonds. The summed E-state index contributed by atoms with van der Waals surface area (Å²) < 4.78 is 5.24. The summed E-state index contributed by atoms with van der Waals surface area (Å²) in [5, 5.41) is 15.2. The zero-order chi connectivity index (χ0) is 27.4. The number of rotatable bonds is 9. The van der Waals surface area contributed by atoms with Crippen molar-refractivity contribution in [1.29, 1.82) is 0 Å². The van der Waals surface area contributed by atoms with Crippen LogP contribution in [0.25, 0.3) is 10.8 Å². The number of alkyl carbamates (subject to hydrolysis) is 1. The molecule has 0 saturated carbocycles. The maximum Gasteiger partial charge on any atom is 0.407 e. The molecule has 2 aromatic carbocycles. The number of nitro groups is 1. The quantitative estimate of drug-likeness (QED) is 0.229. The van der Waals surface area contributed by atoms with E-state index in [0.717, 1.165) is 45.7 Å². The molecule has 4 rings (SSSR count). The Balaban J connectivity index is 1.23. The van der Waals surface area contributed by atoms with Crippen molar-refractivity contribution < 1.29 is 24.0 Å². The zero-order valence-electron chi connectivity index (χ0n) is 22.2. The van der Waals surface area contributed by atoms with E-state index in [9.17, 15) is 24.5 Å². The summed E-state index contributed by atoms with van der Waals surface area (Å²) in [5.41, 5.74) is -0.0550. The molecule has 1 saturated heterocycles. The van der Waals surface area contributed by atoms with Gasteiger partial charge in [0.15, 0.2) is 0 Å². The number of carbonyl (C=O) groups excluding carboxylic acids is 3. The highest BCUT2D eigenvalue weighted by molar-refractivity contribution is 6.25. The summed E-state index contributed by atoms with van der Waals surface area (Å²) in [6.07, 6.45) is 1.06. The first-order chi connectivity index (χ1) is 18.0. The molecule has 2 heterocycles. The van der Waals surface area contributed by atoms with Gasteiger partial charge < -0.3 is 19.9 Å². The van der Waals surface area contributed by atoms with E-state index in [2.05, 4.69) is 15.1 Å². The summed E-state index contributed by atoms with van der Waals surface area (Å²) in [6.45, 7) is 11.5. The third-order valence-electron chi connectivity index (χ3n) is 6.76. The van der Waals surface area contributed by atoms with Crippen molar-refractivity contribution in [2.24, 2.45) is 0 Å². The predicted molar refractivity (Wildman–Crippen MR) is 142 cm³/mol. The van der Waals surface area contributed by atoms with E-state index in [0.29, 0.717) is 29.3 Å². The van der Waals surface area contributed by atoms with E-state index in [1.165, 1.54) is 17.0 Å². The van der Waals surface area contributed by atoms with Gasteiger partial charge in [-0.15, -0.1) is 0 Å². The molecule has 1 N–H and O–H groups in total. The van der Waals surface area contributed by atoms with Gasteiger partial charge in [-0.1, -0.05) is 12.1 Å². The Hall–Kier alpha value is -3.57. The fourth-order valence-corrected chi connectivity index (χ4v) is 4.95. The molecule has 0 radical (unpaired) electrons. The number of piperazine rings is 1. The number of ether oxygens (including phenoxy) is 1. The van der Waals surface area contributed by atoms with Crippen LogP contribution in [-0.4, -0.2) is 95.5 Å². The number of non-ortho nitro benzene ring substituents is 1. The lowest BCUT2D eigenvalue weighted by Gasteiger charge is -2.35. The molecular formula is C27H35N5O6. The molecule has 38 heavy (non-hydrogen) atoms. The van der Waals surface area contributed by atoms with E-state index in [1.807, 2.05) is 20.8 Å². The zero-order valence-corrected chi connectivity index (χ0v) is 22.2. The topological polar surface area (TPSA) is 125 Å². The number of amides is 3. The second-order valence-corrected chi connectivity index (χ2v) is 10.7. The van der Waals surface area contributed by atoms with Crippen molar-refractivity contribution in [2.75, 3.05) is 52.4 Å². The first-order valence-corrected chi connectivity index (χ1v) is 13.0. The van der Waals surface area contributed by atoms with Gasteiger partial charge in [0.2, 0.25) is 0 Å². The maximum absolute atomic E-state index is 13.2. The molecule has 11 heteroatoms. The fourth-order valence-electron chi connectivity index (χ4n) is 4.95. The standard InChI is InChI=1S/C27H35N5O6/c1-27(2,3)38-26(35)28-9-5-10-29-13-15-30(16-14-29)11-6-12-31-24(33)21-8-4-7-19-17-20(32(36)37)18-22(23(19)21)25(31)34/h4,7-8,17-18H,5-6,9-16H2,1-3H3,(H,28,35). The summed E-state index contributed by atoms with van der Waals surface area (Å²) in [4.78, 5) is 54.8. The second kappa shape index (κ2) is 11.4. The number of benzene rings is 2. The first kappa shape index (κ1) is 27.5. The van der Waals surface area contributed by atoms with Gasteiger partial charge in [-0.05, 0) is 58.2 Å². The third-order valence-corrected chi connectivity index (χ3v) is 6.76. The van der Waals surface area contributed by atoms with E-state index in [4.69, 9.17) is 4.74 Å². The third kappa shape index (κ3) is 6.46. The number of carbonyl (C=O) groups is 3. The van der Waals surface area contributed by atoms with Crippen LogP contribution in [0.4, 0.5) is 10.5 Å². The van der Waals surface area contributed by atoms with Gasteiger partial charge in [0, 0.05) is 62.4 Å². The van der Waals surface area contributed by atoms with Crippen LogP contribution in [0, 0.1) is 10.1 Å². The maximum atomic E-state index is 13.2. The van der Waals surface area contributed by atoms with Crippen molar-refractivity contribution in [3.05, 3.63) is 51.6 Å². The number of imide groups is 1. The molecule has 2 aliphatic rings. The molecule has 0 aliphatic carbocycles. The molecular weight excluding hydrogens is 490 g/mol. The van der Waals surface area contributed by atoms with Crippen molar-refractivity contribution in [1.82, 2.24) is 20.0 Å². The predicted octanol–water partition coefficient (Wildman–Crippen LogP) is 3.27. The van der Waals surface area contributed by atoms with Gasteiger partial charge in [-0.3, -0.25) is 24.6 Å². The lowest BCUT2D eigenvalue weighted by Crippen LogP contribution is -2.48. The summed E-state index contributed by atoms with van der Waals surface area (Å²) in [5.74, 6) is -0.834.